The van der Waals surface area contributed by atoms with Gasteiger partial charge in [-0.15, -0.1) is 0 Å². The Morgan fingerprint density at radius 2 is 1.85 bits per heavy atom. The molecule has 140 valence electrons. The molecule has 4 aliphatic carbocycles. The van der Waals surface area contributed by atoms with Gasteiger partial charge in [0.05, 0.1) is 29.1 Å². The van der Waals surface area contributed by atoms with Crippen LogP contribution in [-0.2, 0) is 9.59 Å². The summed E-state index contributed by atoms with van der Waals surface area (Å²) in [7, 11) is 0. The first kappa shape index (κ1) is 17.0. The topological polar surface area (TPSA) is 79.2 Å². The van der Waals surface area contributed by atoms with Crippen LogP contribution in [0.2, 0.25) is 0 Å². The van der Waals surface area contributed by atoms with E-state index >= 15 is 0 Å². The van der Waals surface area contributed by atoms with Gasteiger partial charge < -0.3 is 9.84 Å². The van der Waals surface area contributed by atoms with Gasteiger partial charge in [0, 0.05) is 0 Å². The number of phenolic OH excluding ortho intramolecular Hbond substituents is 1. The van der Waals surface area contributed by atoms with Crippen LogP contribution in [0, 0.1) is 35.5 Å². The molecule has 7 heteroatoms. The van der Waals surface area contributed by atoms with Gasteiger partial charge in [-0.2, -0.15) is 10.1 Å². The van der Waals surface area contributed by atoms with Crippen LogP contribution in [0.1, 0.15) is 18.9 Å². The fraction of sp³-hybridized carbons (Fsp3) is 0.450. The molecular formula is C20H19BrN2O4. The van der Waals surface area contributed by atoms with Crippen molar-refractivity contribution in [1.82, 2.24) is 5.01 Å². The van der Waals surface area contributed by atoms with Gasteiger partial charge in [-0.05, 0) is 70.6 Å². The molecule has 1 aliphatic heterocycles. The highest BCUT2D eigenvalue weighted by atomic mass is 79.9. The van der Waals surface area contributed by atoms with Crippen molar-refractivity contribution in [2.75, 3.05) is 6.61 Å². The van der Waals surface area contributed by atoms with Gasteiger partial charge in [-0.25, -0.2) is 0 Å². The fourth-order valence-electron chi connectivity index (χ4n) is 5.11. The van der Waals surface area contributed by atoms with E-state index in [0.29, 0.717) is 34.2 Å². The van der Waals surface area contributed by atoms with Crippen molar-refractivity contribution in [2.45, 2.75) is 13.3 Å². The lowest BCUT2D eigenvalue weighted by Crippen LogP contribution is -2.40. The van der Waals surface area contributed by atoms with Gasteiger partial charge in [-0.1, -0.05) is 12.2 Å². The number of phenols is 1. The van der Waals surface area contributed by atoms with Gasteiger partial charge in [0.25, 0.3) is 11.8 Å². The Labute approximate surface area is 165 Å². The van der Waals surface area contributed by atoms with Gasteiger partial charge in [0.2, 0.25) is 0 Å². The minimum atomic E-state index is -0.251. The second-order valence-corrected chi connectivity index (χ2v) is 8.52. The van der Waals surface area contributed by atoms with Gasteiger partial charge >= 0.3 is 0 Å². The largest absolute Gasteiger partial charge is 0.503 e. The number of amides is 2. The SMILES string of the molecule is CCOc1cc(C=NN2C(=O)[C@@H]3[C@H]4C=C[C@@H]([C@@H]5C[C@@H]45)[C@H]3C2=O)cc(Br)c1O. The standard InChI is InChI=1S/C20H19BrN2O4/c1-2-27-15-6-9(5-14(21)18(15)24)8-22-23-19(25)16-10-3-4-11(13-7-12(10)13)17(16)20(23)26/h3-6,8,10-13,16-17,24H,2,7H2,1H3/t10-,11-,12-,13-,16+,17+/m0/s1. The summed E-state index contributed by atoms with van der Waals surface area (Å²) >= 11 is 3.28. The molecule has 0 radical (unpaired) electrons. The van der Waals surface area contributed by atoms with Crippen molar-refractivity contribution >= 4 is 34.0 Å². The number of carbonyl (C=O) groups is 2. The summed E-state index contributed by atoms with van der Waals surface area (Å²) in [6, 6.07) is 3.30. The van der Waals surface area contributed by atoms with Crippen LogP contribution in [0.3, 0.4) is 0 Å². The summed E-state index contributed by atoms with van der Waals surface area (Å²) in [6.45, 7) is 2.23. The Bertz CT molecular complexity index is 875. The quantitative estimate of drug-likeness (QED) is 0.452. The van der Waals surface area contributed by atoms with Crippen LogP contribution in [0.25, 0.3) is 0 Å². The zero-order chi connectivity index (χ0) is 18.9. The highest BCUT2D eigenvalue weighted by Crippen LogP contribution is 2.65. The maximum atomic E-state index is 12.9. The molecule has 1 saturated heterocycles. The van der Waals surface area contributed by atoms with Crippen LogP contribution in [0.15, 0.2) is 33.9 Å². The lowest BCUT2D eigenvalue weighted by atomic mass is 9.63. The van der Waals surface area contributed by atoms with Crippen molar-refractivity contribution in [1.29, 1.82) is 0 Å². The summed E-state index contributed by atoms with van der Waals surface area (Å²) in [5.41, 5.74) is 0.627. The number of carbonyl (C=O) groups excluding carboxylic acids is 2. The van der Waals surface area contributed by atoms with Crippen LogP contribution in [0.5, 0.6) is 11.5 Å². The first-order valence-corrected chi connectivity index (χ1v) is 10.1. The van der Waals surface area contributed by atoms with Crippen LogP contribution < -0.4 is 4.74 Å². The molecule has 1 heterocycles. The molecule has 1 aromatic rings. The van der Waals surface area contributed by atoms with E-state index in [0.717, 1.165) is 11.4 Å². The van der Waals surface area contributed by atoms with Gasteiger partial charge in [0.15, 0.2) is 11.5 Å². The van der Waals surface area contributed by atoms with E-state index in [2.05, 4.69) is 33.2 Å². The molecule has 1 N–H and O–H groups in total. The molecule has 6 nitrogen and oxygen atoms in total. The predicted octanol–water partition coefficient (Wildman–Crippen LogP) is 2.94. The van der Waals surface area contributed by atoms with E-state index in [1.165, 1.54) is 6.21 Å². The molecule has 5 aliphatic rings. The van der Waals surface area contributed by atoms with Crippen molar-refractivity contribution in [3.8, 4) is 11.5 Å². The minimum absolute atomic E-state index is 0.00946. The highest BCUT2D eigenvalue weighted by Gasteiger charge is 2.67. The number of nitrogens with zero attached hydrogens (tertiary/aromatic N) is 2. The smallest absolute Gasteiger partial charge is 0.254 e. The molecule has 6 atom stereocenters. The molecule has 27 heavy (non-hydrogen) atoms. The van der Waals surface area contributed by atoms with Gasteiger partial charge in [-0.3, -0.25) is 9.59 Å². The number of rotatable bonds is 4. The number of imide groups is 1. The summed E-state index contributed by atoms with van der Waals surface area (Å²) in [4.78, 5) is 25.8. The summed E-state index contributed by atoms with van der Waals surface area (Å²) in [6.07, 6.45) is 6.89. The number of hydrogen-bond acceptors (Lipinski definition) is 5. The monoisotopic (exact) mass is 430 g/mol. The van der Waals surface area contributed by atoms with E-state index in [1.807, 2.05) is 6.92 Å². The number of hydrogen-bond donors (Lipinski definition) is 1. The zero-order valence-corrected chi connectivity index (χ0v) is 16.3. The molecule has 0 unspecified atom stereocenters. The average molecular weight is 431 g/mol. The third-order valence-corrected chi connectivity index (χ3v) is 6.92. The third-order valence-electron chi connectivity index (χ3n) is 6.31. The summed E-state index contributed by atoms with van der Waals surface area (Å²) < 4.78 is 5.87. The first-order chi connectivity index (χ1) is 13.0. The van der Waals surface area contributed by atoms with Crippen molar-refractivity contribution in [3.05, 3.63) is 34.3 Å². The van der Waals surface area contributed by atoms with Crippen molar-refractivity contribution in [2.24, 2.45) is 40.6 Å². The third kappa shape index (κ3) is 2.40. The molecule has 2 bridgehead atoms. The molecule has 6 rings (SSSR count). The fourth-order valence-corrected chi connectivity index (χ4v) is 5.57. The number of ether oxygens (including phenoxy) is 1. The van der Waals surface area contributed by atoms with Crippen LogP contribution in [0.4, 0.5) is 0 Å². The Hall–Kier alpha value is -2.15. The number of aromatic hydroxyl groups is 1. The van der Waals surface area contributed by atoms with Crippen molar-refractivity contribution in [3.63, 3.8) is 0 Å². The Balaban J connectivity index is 1.42. The second-order valence-electron chi connectivity index (χ2n) is 7.67. The van der Waals surface area contributed by atoms with E-state index in [1.54, 1.807) is 12.1 Å². The molecule has 0 aromatic heterocycles. The van der Waals surface area contributed by atoms with Gasteiger partial charge in [0.1, 0.15) is 0 Å². The molecule has 2 amide bonds. The Kier molecular flexibility index (Phi) is 3.73. The Morgan fingerprint density at radius 3 is 2.44 bits per heavy atom. The van der Waals surface area contributed by atoms with Crippen LogP contribution >= 0.6 is 15.9 Å². The first-order valence-electron chi connectivity index (χ1n) is 9.26. The maximum absolute atomic E-state index is 12.9. The van der Waals surface area contributed by atoms with E-state index in [4.69, 9.17) is 4.74 Å². The molecule has 1 aromatic carbocycles. The van der Waals surface area contributed by atoms with E-state index in [-0.39, 0.29) is 41.2 Å². The Morgan fingerprint density at radius 1 is 1.22 bits per heavy atom. The summed E-state index contributed by atoms with van der Waals surface area (Å²) in [5.74, 6) is 0.981. The minimum Gasteiger partial charge on any atom is -0.503 e. The second kappa shape index (κ2) is 5.92. The van der Waals surface area contributed by atoms with Crippen LogP contribution in [-0.4, -0.2) is 34.8 Å². The lowest BCUT2D eigenvalue weighted by molar-refractivity contribution is -0.140. The molecule has 3 fully saturated rings. The maximum Gasteiger partial charge on any atom is 0.254 e. The van der Waals surface area contributed by atoms with E-state index < -0.39 is 0 Å². The predicted molar refractivity (Wildman–Crippen MR) is 101 cm³/mol. The summed E-state index contributed by atoms with van der Waals surface area (Å²) in [5, 5.41) is 15.3. The lowest BCUT2D eigenvalue weighted by Gasteiger charge is -2.37. The molecule has 0 spiro atoms. The van der Waals surface area contributed by atoms with E-state index in [9.17, 15) is 14.7 Å². The van der Waals surface area contributed by atoms with Crippen molar-refractivity contribution < 1.29 is 19.4 Å². The molecule has 2 saturated carbocycles. The molecular weight excluding hydrogens is 412 g/mol. The number of halogens is 1. The highest BCUT2D eigenvalue weighted by molar-refractivity contribution is 9.10. The zero-order valence-electron chi connectivity index (χ0n) is 14.7. The number of benzene rings is 1. The average Bonchev–Trinajstić information content (AvgIpc) is 3.43. The number of allylic oxidation sites excluding steroid dienone is 2. The number of hydrazone groups is 1. The normalized spacial score (nSPS) is 35.7.